The van der Waals surface area contributed by atoms with Crippen LogP contribution in [0.4, 0.5) is 5.69 Å². The Kier molecular flexibility index (Phi) is 3.18. The van der Waals surface area contributed by atoms with Crippen molar-refractivity contribution in [2.24, 2.45) is 5.92 Å². The molecule has 0 fully saturated rings. The van der Waals surface area contributed by atoms with Crippen molar-refractivity contribution in [1.82, 2.24) is 0 Å². The summed E-state index contributed by atoms with van der Waals surface area (Å²) in [5.41, 5.74) is 0.810. The first-order chi connectivity index (χ1) is 11.0. The Morgan fingerprint density at radius 3 is 2.78 bits per heavy atom. The molecule has 0 bridgehead atoms. The monoisotopic (exact) mass is 371 g/mol. The van der Waals surface area contributed by atoms with Crippen LogP contribution in [-0.2, 0) is 16.8 Å². The second-order valence-corrected chi connectivity index (χ2v) is 6.94. The molecule has 1 heterocycles. The summed E-state index contributed by atoms with van der Waals surface area (Å²) >= 11 is 3.35. The number of nitrogens with one attached hydrogen (secondary N) is 1. The smallest absolute Gasteiger partial charge is 0.261 e. The summed E-state index contributed by atoms with van der Waals surface area (Å²) in [5.74, 6) is -1.46. The highest BCUT2D eigenvalue weighted by molar-refractivity contribution is 9.10. The van der Waals surface area contributed by atoms with Crippen LogP contribution >= 0.6 is 15.9 Å². The molecule has 0 saturated heterocycles. The largest absolute Gasteiger partial charge is 0.375 e. The van der Waals surface area contributed by atoms with Gasteiger partial charge in [0.25, 0.3) is 5.91 Å². The first-order valence-electron chi connectivity index (χ1n) is 7.48. The van der Waals surface area contributed by atoms with Gasteiger partial charge in [-0.1, -0.05) is 46.3 Å². The van der Waals surface area contributed by atoms with Gasteiger partial charge in [0.15, 0.2) is 11.4 Å². The average Bonchev–Trinajstić information content (AvgIpc) is 2.79. The van der Waals surface area contributed by atoms with E-state index >= 15 is 0 Å². The molecule has 1 amide bonds. The number of ketones is 1. The molecule has 2 N–H and O–H groups in total. The zero-order valence-electron chi connectivity index (χ0n) is 12.2. The van der Waals surface area contributed by atoms with Gasteiger partial charge in [-0.15, -0.1) is 0 Å². The summed E-state index contributed by atoms with van der Waals surface area (Å²) in [6.45, 7) is 0. The lowest BCUT2D eigenvalue weighted by Gasteiger charge is -2.33. The van der Waals surface area contributed by atoms with Crippen molar-refractivity contribution in [3.8, 4) is 0 Å². The van der Waals surface area contributed by atoms with E-state index in [0.717, 1.165) is 10.0 Å². The van der Waals surface area contributed by atoms with Gasteiger partial charge in [0.2, 0.25) is 0 Å². The van der Waals surface area contributed by atoms with Crippen LogP contribution in [0.5, 0.6) is 0 Å². The van der Waals surface area contributed by atoms with E-state index in [1.54, 1.807) is 24.3 Å². The highest BCUT2D eigenvalue weighted by atomic mass is 79.9. The number of hydrogen-bond acceptors (Lipinski definition) is 3. The summed E-state index contributed by atoms with van der Waals surface area (Å²) in [4.78, 5) is 25.4. The number of rotatable bonds is 1. The van der Waals surface area contributed by atoms with E-state index in [4.69, 9.17) is 0 Å². The minimum atomic E-state index is -1.80. The Balaban J connectivity index is 1.82. The first kappa shape index (κ1) is 14.6. The zero-order valence-corrected chi connectivity index (χ0v) is 13.8. The van der Waals surface area contributed by atoms with E-state index in [1.165, 1.54) is 0 Å². The summed E-state index contributed by atoms with van der Waals surface area (Å²) in [6.07, 6.45) is 1.13. The number of benzene rings is 2. The molecule has 2 aromatic rings. The van der Waals surface area contributed by atoms with Gasteiger partial charge in [-0.05, 0) is 30.5 Å². The third kappa shape index (κ3) is 2.00. The molecule has 1 aliphatic carbocycles. The number of hydrogen-bond donors (Lipinski definition) is 2. The van der Waals surface area contributed by atoms with Gasteiger partial charge >= 0.3 is 0 Å². The van der Waals surface area contributed by atoms with Crippen LogP contribution in [-0.4, -0.2) is 16.8 Å². The molecule has 0 saturated carbocycles. The van der Waals surface area contributed by atoms with Crippen LogP contribution in [0.2, 0.25) is 0 Å². The maximum absolute atomic E-state index is 12.9. The number of aryl methyl sites for hydroxylation is 1. The van der Waals surface area contributed by atoms with Crippen LogP contribution in [0.1, 0.15) is 27.9 Å². The number of fused-ring (bicyclic) bond motifs is 2. The SMILES string of the molecule is O=C1c2ccccc2CC[C@@H]1[C@]1(O)C(=O)Nc2cc(Br)ccc21. The molecular weight excluding hydrogens is 358 g/mol. The third-order valence-electron chi connectivity index (χ3n) is 4.79. The number of carbonyl (C=O) groups is 2. The van der Waals surface area contributed by atoms with E-state index in [0.29, 0.717) is 29.7 Å². The lowest BCUT2D eigenvalue weighted by atomic mass is 9.71. The van der Waals surface area contributed by atoms with Crippen LogP contribution in [0.3, 0.4) is 0 Å². The maximum atomic E-state index is 12.9. The Labute approximate surface area is 141 Å². The molecule has 4 rings (SSSR count). The quantitative estimate of drug-likeness (QED) is 0.809. The Morgan fingerprint density at radius 2 is 1.96 bits per heavy atom. The lowest BCUT2D eigenvalue weighted by molar-refractivity contribution is -0.138. The number of carbonyl (C=O) groups excluding carboxylic acids is 2. The van der Waals surface area contributed by atoms with Crippen molar-refractivity contribution in [3.63, 3.8) is 0 Å². The molecule has 116 valence electrons. The van der Waals surface area contributed by atoms with Gasteiger partial charge in [0.1, 0.15) is 0 Å². The molecule has 2 atom stereocenters. The van der Waals surface area contributed by atoms with Crippen molar-refractivity contribution < 1.29 is 14.7 Å². The van der Waals surface area contributed by atoms with Gasteiger partial charge in [-0.3, -0.25) is 9.59 Å². The van der Waals surface area contributed by atoms with Crippen LogP contribution in [0.15, 0.2) is 46.9 Å². The molecule has 1 aliphatic heterocycles. The lowest BCUT2D eigenvalue weighted by Crippen LogP contribution is -2.47. The van der Waals surface area contributed by atoms with E-state index in [-0.39, 0.29) is 5.78 Å². The Hall–Kier alpha value is -1.98. The first-order valence-corrected chi connectivity index (χ1v) is 8.27. The van der Waals surface area contributed by atoms with Crippen molar-refractivity contribution in [1.29, 1.82) is 0 Å². The van der Waals surface area contributed by atoms with Gasteiger partial charge in [-0.25, -0.2) is 0 Å². The topological polar surface area (TPSA) is 66.4 Å². The van der Waals surface area contributed by atoms with Crippen LogP contribution in [0, 0.1) is 5.92 Å². The molecule has 0 unspecified atom stereocenters. The molecule has 2 aromatic carbocycles. The minimum Gasteiger partial charge on any atom is -0.375 e. The van der Waals surface area contributed by atoms with Crippen molar-refractivity contribution in [3.05, 3.63) is 63.6 Å². The summed E-state index contributed by atoms with van der Waals surface area (Å²) in [6, 6.07) is 12.6. The average molecular weight is 372 g/mol. The number of amides is 1. The van der Waals surface area contributed by atoms with Gasteiger partial charge < -0.3 is 10.4 Å². The predicted octanol–water partition coefficient (Wildman–Crippen LogP) is 3.03. The zero-order chi connectivity index (χ0) is 16.2. The fraction of sp³-hybridized carbons (Fsp3) is 0.222. The number of halogens is 1. The molecule has 4 nitrogen and oxygen atoms in total. The molecule has 0 aromatic heterocycles. The second-order valence-electron chi connectivity index (χ2n) is 6.02. The molecule has 2 aliphatic rings. The maximum Gasteiger partial charge on any atom is 0.261 e. The molecule has 0 spiro atoms. The van der Waals surface area contributed by atoms with E-state index in [9.17, 15) is 14.7 Å². The predicted molar refractivity (Wildman–Crippen MR) is 89.3 cm³/mol. The fourth-order valence-electron chi connectivity index (χ4n) is 3.63. The number of Topliss-reactive ketones (excluding diaryl/α,β-unsaturated/α-hetero) is 1. The fourth-order valence-corrected chi connectivity index (χ4v) is 4.00. The highest BCUT2D eigenvalue weighted by Gasteiger charge is 2.54. The standard InChI is InChI=1S/C18H14BrNO3/c19-11-6-8-13-15(9-11)20-17(22)18(13,23)14-7-5-10-3-1-2-4-12(10)16(14)21/h1-4,6,8-9,14,23H,5,7H2,(H,20,22)/t14-,18-/m0/s1. The molecular formula is C18H14BrNO3. The van der Waals surface area contributed by atoms with E-state index < -0.39 is 17.4 Å². The van der Waals surface area contributed by atoms with Crippen LogP contribution < -0.4 is 5.32 Å². The number of anilines is 1. The number of aliphatic hydroxyl groups is 1. The van der Waals surface area contributed by atoms with E-state index in [2.05, 4.69) is 21.2 Å². The Bertz CT molecular complexity index is 848. The normalized spacial score (nSPS) is 25.7. The van der Waals surface area contributed by atoms with Gasteiger partial charge in [0, 0.05) is 21.3 Å². The third-order valence-corrected chi connectivity index (χ3v) is 5.29. The van der Waals surface area contributed by atoms with Crippen molar-refractivity contribution in [2.45, 2.75) is 18.4 Å². The minimum absolute atomic E-state index is 0.166. The second kappa shape index (κ2) is 5.01. The summed E-state index contributed by atoms with van der Waals surface area (Å²) in [5, 5.41) is 13.9. The highest BCUT2D eigenvalue weighted by Crippen LogP contribution is 2.46. The van der Waals surface area contributed by atoms with Gasteiger partial charge in [0.05, 0.1) is 5.92 Å². The molecule has 0 radical (unpaired) electrons. The summed E-state index contributed by atoms with van der Waals surface area (Å²) in [7, 11) is 0. The molecule has 5 heteroatoms. The van der Waals surface area contributed by atoms with Gasteiger partial charge in [-0.2, -0.15) is 0 Å². The van der Waals surface area contributed by atoms with E-state index in [1.807, 2.05) is 18.2 Å². The Morgan fingerprint density at radius 1 is 1.17 bits per heavy atom. The van der Waals surface area contributed by atoms with Crippen LogP contribution in [0.25, 0.3) is 0 Å². The van der Waals surface area contributed by atoms with Crippen molar-refractivity contribution >= 4 is 33.3 Å². The van der Waals surface area contributed by atoms with Crippen molar-refractivity contribution in [2.75, 3.05) is 5.32 Å². The molecule has 23 heavy (non-hydrogen) atoms. The summed E-state index contributed by atoms with van der Waals surface area (Å²) < 4.78 is 0.807.